The summed E-state index contributed by atoms with van der Waals surface area (Å²) in [6, 6.07) is 0. The van der Waals surface area contributed by atoms with E-state index in [9.17, 15) is 5.11 Å². The van der Waals surface area contributed by atoms with Crippen LogP contribution in [0.2, 0.25) is 0 Å². The normalized spacial score (nSPS) is 12.9. The van der Waals surface area contributed by atoms with Gasteiger partial charge in [-0.3, -0.25) is 5.10 Å². The molecule has 0 radical (unpaired) electrons. The number of nitrogens with one attached hydrogen (secondary N) is 1. The number of nitrogens with zero attached hydrogens (tertiary/aromatic N) is 2. The van der Waals surface area contributed by atoms with Crippen LogP contribution < -0.4 is 0 Å². The summed E-state index contributed by atoms with van der Waals surface area (Å²) in [5.74, 6) is 0.916. The number of aromatic nitrogens is 3. The van der Waals surface area contributed by atoms with Crippen LogP contribution in [0.5, 0.6) is 0 Å². The number of hydrogen-bond acceptors (Lipinski definition) is 3. The quantitative estimate of drug-likeness (QED) is 0.571. The Hall–Kier alpha value is -0.680. The van der Waals surface area contributed by atoms with Gasteiger partial charge in [-0.05, 0) is 25.1 Å². The molecule has 0 unspecified atom stereocenters. The smallest absolute Gasteiger partial charge is 0.194 e. The molecule has 0 aliphatic heterocycles. The predicted molar refractivity (Wildman–Crippen MR) is 66.9 cm³/mol. The van der Waals surface area contributed by atoms with E-state index in [4.69, 9.17) is 12.2 Å². The van der Waals surface area contributed by atoms with Crippen molar-refractivity contribution in [3.8, 4) is 0 Å². The van der Waals surface area contributed by atoms with Crippen molar-refractivity contribution in [1.29, 1.82) is 0 Å². The number of aliphatic hydroxyl groups excluding tert-OH is 1. The molecule has 0 fully saturated rings. The van der Waals surface area contributed by atoms with Gasteiger partial charge in [0.1, 0.15) is 5.82 Å². The van der Waals surface area contributed by atoms with Crippen molar-refractivity contribution in [2.75, 3.05) is 0 Å². The standard InChI is InChI=1S/C11H21N3OS/c1-3-4-5-6-9(15)7-8-10-12-13-11(16)14(10)2/h9,15H,3-8H2,1-2H3,(H,13,16)/t9-/m0/s1. The van der Waals surface area contributed by atoms with E-state index in [1.54, 1.807) is 0 Å². The van der Waals surface area contributed by atoms with Gasteiger partial charge in [-0.15, -0.1) is 0 Å². The lowest BCUT2D eigenvalue weighted by Gasteiger charge is -2.09. The lowest BCUT2D eigenvalue weighted by molar-refractivity contribution is 0.150. The van der Waals surface area contributed by atoms with E-state index in [2.05, 4.69) is 17.1 Å². The largest absolute Gasteiger partial charge is 0.393 e. The predicted octanol–water partition coefficient (Wildman–Crippen LogP) is 2.35. The molecule has 4 nitrogen and oxygen atoms in total. The Morgan fingerprint density at radius 3 is 2.75 bits per heavy atom. The second kappa shape index (κ2) is 6.81. The van der Waals surface area contributed by atoms with Crippen LogP contribution in [0, 0.1) is 4.77 Å². The number of aliphatic hydroxyl groups is 1. The third-order valence-electron chi connectivity index (χ3n) is 2.81. The van der Waals surface area contributed by atoms with Gasteiger partial charge in [0.2, 0.25) is 0 Å². The summed E-state index contributed by atoms with van der Waals surface area (Å²) in [7, 11) is 1.89. The molecule has 92 valence electrons. The van der Waals surface area contributed by atoms with Crippen molar-refractivity contribution in [3.05, 3.63) is 10.6 Å². The van der Waals surface area contributed by atoms with E-state index in [1.165, 1.54) is 12.8 Å². The van der Waals surface area contributed by atoms with Crippen LogP contribution in [0.1, 0.15) is 44.9 Å². The Kier molecular flexibility index (Phi) is 5.69. The average Bonchev–Trinajstić information content (AvgIpc) is 2.58. The zero-order valence-electron chi connectivity index (χ0n) is 10.1. The molecule has 0 aromatic carbocycles. The fourth-order valence-electron chi connectivity index (χ4n) is 1.67. The third-order valence-corrected chi connectivity index (χ3v) is 3.18. The number of rotatable bonds is 7. The summed E-state index contributed by atoms with van der Waals surface area (Å²) in [4.78, 5) is 0. The molecular formula is C11H21N3OS. The van der Waals surface area contributed by atoms with Gasteiger partial charge in [-0.25, -0.2) is 0 Å². The van der Waals surface area contributed by atoms with Crippen LogP contribution >= 0.6 is 12.2 Å². The van der Waals surface area contributed by atoms with E-state index in [1.807, 2.05) is 11.6 Å². The molecule has 0 aliphatic carbocycles. The first-order valence-electron chi connectivity index (χ1n) is 5.93. The summed E-state index contributed by atoms with van der Waals surface area (Å²) in [6.45, 7) is 2.17. The number of H-pyrrole nitrogens is 1. The van der Waals surface area contributed by atoms with Crippen molar-refractivity contribution in [1.82, 2.24) is 14.8 Å². The van der Waals surface area contributed by atoms with Crippen molar-refractivity contribution < 1.29 is 5.11 Å². The number of unbranched alkanes of at least 4 members (excludes halogenated alkanes) is 2. The second-order valence-corrected chi connectivity index (χ2v) is 4.58. The van der Waals surface area contributed by atoms with Crippen LogP contribution in [0.3, 0.4) is 0 Å². The van der Waals surface area contributed by atoms with Crippen molar-refractivity contribution in [2.24, 2.45) is 7.05 Å². The summed E-state index contributed by atoms with van der Waals surface area (Å²) < 4.78 is 2.49. The molecule has 0 amide bonds. The number of aromatic amines is 1. The fourth-order valence-corrected chi connectivity index (χ4v) is 1.82. The van der Waals surface area contributed by atoms with Gasteiger partial charge in [0.05, 0.1) is 6.10 Å². The van der Waals surface area contributed by atoms with Crippen molar-refractivity contribution in [2.45, 2.75) is 51.6 Å². The van der Waals surface area contributed by atoms with Gasteiger partial charge in [-0.1, -0.05) is 26.2 Å². The molecule has 1 aromatic rings. The maximum atomic E-state index is 9.76. The van der Waals surface area contributed by atoms with Crippen molar-refractivity contribution in [3.63, 3.8) is 0 Å². The minimum absolute atomic E-state index is 0.211. The molecule has 0 saturated carbocycles. The molecule has 0 spiro atoms. The molecule has 0 aliphatic rings. The lowest BCUT2D eigenvalue weighted by atomic mass is 10.1. The summed E-state index contributed by atoms with van der Waals surface area (Å²) in [6.07, 6.45) is 5.72. The molecular weight excluding hydrogens is 222 g/mol. The fraction of sp³-hybridized carbons (Fsp3) is 0.818. The minimum atomic E-state index is -0.211. The minimum Gasteiger partial charge on any atom is -0.393 e. The Balaban J connectivity index is 2.29. The van der Waals surface area contributed by atoms with Crippen LogP contribution in [-0.2, 0) is 13.5 Å². The van der Waals surface area contributed by atoms with Gasteiger partial charge >= 0.3 is 0 Å². The Bertz CT molecular complexity index is 358. The maximum absolute atomic E-state index is 9.76. The first-order chi connectivity index (χ1) is 7.65. The number of aryl methyl sites for hydroxylation is 1. The third kappa shape index (κ3) is 4.06. The van der Waals surface area contributed by atoms with E-state index >= 15 is 0 Å². The first kappa shape index (κ1) is 13.4. The lowest BCUT2D eigenvalue weighted by Crippen LogP contribution is -2.10. The van der Waals surface area contributed by atoms with E-state index in [0.717, 1.165) is 31.5 Å². The van der Waals surface area contributed by atoms with Crippen LogP contribution in [-0.4, -0.2) is 26.0 Å². The Morgan fingerprint density at radius 1 is 1.44 bits per heavy atom. The first-order valence-corrected chi connectivity index (χ1v) is 6.34. The molecule has 1 rings (SSSR count). The summed E-state index contributed by atoms with van der Waals surface area (Å²) in [5, 5.41) is 16.6. The van der Waals surface area contributed by atoms with Gasteiger partial charge in [0.25, 0.3) is 0 Å². The number of hydrogen-bond donors (Lipinski definition) is 2. The zero-order chi connectivity index (χ0) is 12.0. The van der Waals surface area contributed by atoms with Gasteiger partial charge in [0, 0.05) is 13.5 Å². The highest BCUT2D eigenvalue weighted by atomic mass is 32.1. The maximum Gasteiger partial charge on any atom is 0.194 e. The molecule has 5 heteroatoms. The summed E-state index contributed by atoms with van der Waals surface area (Å²) >= 11 is 5.02. The highest BCUT2D eigenvalue weighted by molar-refractivity contribution is 7.71. The second-order valence-electron chi connectivity index (χ2n) is 4.19. The summed E-state index contributed by atoms with van der Waals surface area (Å²) in [5.41, 5.74) is 0. The highest BCUT2D eigenvalue weighted by Gasteiger charge is 2.07. The average molecular weight is 243 g/mol. The topological polar surface area (TPSA) is 53.8 Å². The van der Waals surface area contributed by atoms with E-state index in [-0.39, 0.29) is 6.10 Å². The van der Waals surface area contributed by atoms with Crippen molar-refractivity contribution >= 4 is 12.2 Å². The molecule has 0 bridgehead atoms. The van der Waals surface area contributed by atoms with E-state index in [0.29, 0.717) is 4.77 Å². The Labute approximate surface area is 102 Å². The molecule has 2 N–H and O–H groups in total. The van der Waals surface area contributed by atoms with Gasteiger partial charge < -0.3 is 9.67 Å². The Morgan fingerprint density at radius 2 is 2.19 bits per heavy atom. The zero-order valence-corrected chi connectivity index (χ0v) is 10.9. The van der Waals surface area contributed by atoms with E-state index < -0.39 is 0 Å². The molecule has 0 saturated heterocycles. The van der Waals surface area contributed by atoms with Crippen LogP contribution in [0.15, 0.2) is 0 Å². The van der Waals surface area contributed by atoms with Crippen LogP contribution in [0.4, 0.5) is 0 Å². The molecule has 1 heterocycles. The SMILES string of the molecule is CCCCC[C@H](O)CCc1n[nH]c(=S)n1C. The van der Waals surface area contributed by atoms with Crippen LogP contribution in [0.25, 0.3) is 0 Å². The molecule has 1 atom stereocenters. The monoisotopic (exact) mass is 243 g/mol. The van der Waals surface area contributed by atoms with Gasteiger partial charge in [0.15, 0.2) is 4.77 Å². The molecule has 1 aromatic heterocycles. The highest BCUT2D eigenvalue weighted by Crippen LogP contribution is 2.09. The molecule has 16 heavy (non-hydrogen) atoms. The van der Waals surface area contributed by atoms with Gasteiger partial charge in [-0.2, -0.15) is 5.10 Å².